The van der Waals surface area contributed by atoms with E-state index >= 15 is 0 Å². The molecule has 0 aliphatic heterocycles. The number of nitrogens with one attached hydrogen (secondary N) is 1. The first-order valence-electron chi connectivity index (χ1n) is 11.8. The summed E-state index contributed by atoms with van der Waals surface area (Å²) in [5.41, 5.74) is 13.6. The molecule has 0 radical (unpaired) electrons. The van der Waals surface area contributed by atoms with Gasteiger partial charge in [-0.15, -0.1) is 0 Å². The van der Waals surface area contributed by atoms with E-state index in [4.69, 9.17) is 11.5 Å². The molecule has 4 rings (SSSR count). The van der Waals surface area contributed by atoms with Crippen molar-refractivity contribution in [1.29, 1.82) is 0 Å². The molecule has 0 spiro atoms. The lowest BCUT2D eigenvalue weighted by molar-refractivity contribution is -0.122. The summed E-state index contributed by atoms with van der Waals surface area (Å²) in [7, 11) is 0. The monoisotopic (exact) mass is 531 g/mol. The summed E-state index contributed by atoms with van der Waals surface area (Å²) in [6, 6.07) is 20.7. The van der Waals surface area contributed by atoms with Crippen LogP contribution in [0.2, 0.25) is 0 Å². The van der Waals surface area contributed by atoms with Crippen molar-refractivity contribution in [2.75, 3.05) is 10.6 Å². The average molecular weight is 532 g/mol. The lowest BCUT2D eigenvalue weighted by Crippen LogP contribution is -2.44. The predicted octanol–water partition coefficient (Wildman–Crippen LogP) is 4.23. The van der Waals surface area contributed by atoms with Crippen molar-refractivity contribution in [3.05, 3.63) is 112 Å². The van der Waals surface area contributed by atoms with Crippen molar-refractivity contribution in [2.24, 2.45) is 5.73 Å². The molecule has 0 fully saturated rings. The number of halogens is 1. The highest BCUT2D eigenvalue weighted by Crippen LogP contribution is 2.35. The fourth-order valence-corrected chi connectivity index (χ4v) is 4.84. The molecule has 0 aliphatic carbocycles. The van der Waals surface area contributed by atoms with Crippen LogP contribution in [0.25, 0.3) is 0 Å². The molecular formula is C28H26FN5O3S. The van der Waals surface area contributed by atoms with Gasteiger partial charge in [-0.05, 0) is 52.8 Å². The lowest BCUT2D eigenvalue weighted by atomic mass is 10.00. The molecule has 10 heteroatoms. The van der Waals surface area contributed by atoms with Gasteiger partial charge in [0.2, 0.25) is 5.91 Å². The number of benzene rings is 3. The second-order valence-corrected chi connectivity index (χ2v) is 9.23. The Bertz CT molecular complexity index is 1460. The van der Waals surface area contributed by atoms with Crippen LogP contribution >= 0.6 is 11.5 Å². The van der Waals surface area contributed by atoms with Crippen LogP contribution in [0.3, 0.4) is 0 Å². The molecule has 4 aromatic rings. The van der Waals surface area contributed by atoms with Crippen LogP contribution in [0.4, 0.5) is 15.8 Å². The fourth-order valence-electron chi connectivity index (χ4n) is 4.09. The third kappa shape index (κ3) is 5.55. The molecule has 5 N–H and O–H groups in total. The number of amides is 3. The molecule has 1 atom stereocenters. The highest BCUT2D eigenvalue weighted by Gasteiger charge is 2.36. The highest BCUT2D eigenvalue weighted by molar-refractivity contribution is 7.09. The van der Waals surface area contributed by atoms with Crippen molar-refractivity contribution in [1.82, 2.24) is 9.69 Å². The van der Waals surface area contributed by atoms with E-state index in [0.29, 0.717) is 17.7 Å². The van der Waals surface area contributed by atoms with E-state index in [1.165, 1.54) is 29.2 Å². The summed E-state index contributed by atoms with van der Waals surface area (Å²) in [6.45, 7) is 2.14. The molecule has 1 aromatic heterocycles. The number of hydrogen-bond donors (Lipinski definition) is 3. The van der Waals surface area contributed by atoms with Crippen molar-refractivity contribution >= 4 is 40.6 Å². The summed E-state index contributed by atoms with van der Waals surface area (Å²) in [5, 5.41) is 2.90. The summed E-state index contributed by atoms with van der Waals surface area (Å²) in [4.78, 5) is 41.0. The number of nitrogen functional groups attached to an aromatic ring is 1. The smallest absolute Gasteiger partial charge is 0.273 e. The summed E-state index contributed by atoms with van der Waals surface area (Å²) in [6.07, 6.45) is 0.562. The molecule has 38 heavy (non-hydrogen) atoms. The normalized spacial score (nSPS) is 11.5. The lowest BCUT2D eigenvalue weighted by Gasteiger charge is -2.32. The van der Waals surface area contributed by atoms with E-state index in [9.17, 15) is 18.8 Å². The van der Waals surface area contributed by atoms with Crippen molar-refractivity contribution in [3.8, 4) is 0 Å². The summed E-state index contributed by atoms with van der Waals surface area (Å²) >= 11 is 0.727. The second-order valence-electron chi connectivity index (χ2n) is 8.45. The maximum Gasteiger partial charge on any atom is 0.273 e. The Morgan fingerprint density at radius 1 is 1.00 bits per heavy atom. The van der Waals surface area contributed by atoms with E-state index in [-0.39, 0.29) is 22.8 Å². The second kappa shape index (κ2) is 11.7. The van der Waals surface area contributed by atoms with E-state index in [1.54, 1.807) is 12.1 Å². The molecule has 0 saturated heterocycles. The molecule has 0 aliphatic rings. The van der Waals surface area contributed by atoms with Gasteiger partial charge in [0.05, 0.1) is 5.69 Å². The number of anilines is 2. The Morgan fingerprint density at radius 3 is 2.29 bits per heavy atom. The molecule has 3 amide bonds. The first-order valence-corrected chi connectivity index (χ1v) is 12.6. The zero-order valence-corrected chi connectivity index (χ0v) is 21.4. The zero-order valence-electron chi connectivity index (χ0n) is 20.6. The number of aryl methyl sites for hydroxylation is 1. The van der Waals surface area contributed by atoms with E-state index < -0.39 is 29.6 Å². The molecule has 1 heterocycles. The Balaban J connectivity index is 1.86. The molecule has 8 nitrogen and oxygen atoms in total. The Morgan fingerprint density at radius 2 is 1.66 bits per heavy atom. The molecule has 1 unspecified atom stereocenters. The minimum atomic E-state index is -1.20. The number of nitrogens with zero attached hydrogens (tertiary/aromatic N) is 2. The number of primary amides is 1. The first kappa shape index (κ1) is 26.5. The number of nitrogens with two attached hydrogens (primary N) is 2. The Hall–Kier alpha value is -4.57. The van der Waals surface area contributed by atoms with Gasteiger partial charge in [-0.25, -0.2) is 4.39 Å². The van der Waals surface area contributed by atoms with Crippen LogP contribution < -0.4 is 21.7 Å². The van der Waals surface area contributed by atoms with Gasteiger partial charge in [0, 0.05) is 12.2 Å². The number of aromatic nitrogens is 1. The topological polar surface area (TPSA) is 131 Å². The fraction of sp³-hybridized carbons (Fsp3) is 0.143. The van der Waals surface area contributed by atoms with Crippen molar-refractivity contribution in [3.63, 3.8) is 0 Å². The van der Waals surface area contributed by atoms with Crippen LogP contribution in [-0.2, 0) is 17.8 Å². The maximum atomic E-state index is 14.1. The SMILES string of the molecule is CCc1ccccc1N(C(=O)c1snc(C(N)=O)c1N)C(C(=O)NCc1ccccc1)c1ccc(F)cc1. The van der Waals surface area contributed by atoms with Gasteiger partial charge in [0.25, 0.3) is 11.8 Å². The molecular weight excluding hydrogens is 505 g/mol. The Labute approximate surface area is 223 Å². The minimum absolute atomic E-state index is 0.0346. The van der Waals surface area contributed by atoms with Gasteiger partial charge in [-0.3, -0.25) is 19.3 Å². The molecule has 3 aromatic carbocycles. The standard InChI is InChI=1S/C28H26FN5O3S/c1-2-18-10-6-7-11-21(18)34(28(37)25-22(30)23(26(31)35)33-38-25)24(19-12-14-20(29)15-13-19)27(36)32-16-17-8-4-3-5-9-17/h3-15,24H,2,16,30H2,1H3,(H2,31,35)(H,32,36). The van der Waals surface area contributed by atoms with E-state index in [2.05, 4.69) is 9.69 Å². The predicted molar refractivity (Wildman–Crippen MR) is 145 cm³/mol. The number of carbonyl (C=O) groups excluding carboxylic acids is 3. The summed E-state index contributed by atoms with van der Waals surface area (Å²) < 4.78 is 17.8. The average Bonchev–Trinajstić information content (AvgIpc) is 3.32. The summed E-state index contributed by atoms with van der Waals surface area (Å²) in [5.74, 6) is -2.48. The minimum Gasteiger partial charge on any atom is -0.395 e. The van der Waals surface area contributed by atoms with Crippen LogP contribution in [0, 0.1) is 5.82 Å². The van der Waals surface area contributed by atoms with Gasteiger partial charge in [0.1, 0.15) is 16.7 Å². The van der Waals surface area contributed by atoms with Gasteiger partial charge in [-0.1, -0.05) is 67.6 Å². The van der Waals surface area contributed by atoms with Gasteiger partial charge >= 0.3 is 0 Å². The number of carbonyl (C=O) groups is 3. The zero-order chi connectivity index (χ0) is 27.2. The molecule has 0 bridgehead atoms. The van der Waals surface area contributed by atoms with Crippen LogP contribution in [0.1, 0.15) is 49.8 Å². The van der Waals surface area contributed by atoms with Crippen LogP contribution in [0.5, 0.6) is 0 Å². The van der Waals surface area contributed by atoms with Gasteiger partial charge in [0.15, 0.2) is 5.69 Å². The van der Waals surface area contributed by atoms with Gasteiger partial charge < -0.3 is 16.8 Å². The number of hydrogen-bond acceptors (Lipinski definition) is 6. The van der Waals surface area contributed by atoms with E-state index in [1.807, 2.05) is 49.4 Å². The third-order valence-electron chi connectivity index (χ3n) is 6.01. The largest absolute Gasteiger partial charge is 0.395 e. The van der Waals surface area contributed by atoms with Crippen molar-refractivity contribution in [2.45, 2.75) is 25.9 Å². The van der Waals surface area contributed by atoms with Gasteiger partial charge in [-0.2, -0.15) is 4.37 Å². The first-order chi connectivity index (χ1) is 18.3. The maximum absolute atomic E-state index is 14.1. The Kier molecular flexibility index (Phi) is 8.12. The third-order valence-corrected chi connectivity index (χ3v) is 6.86. The highest BCUT2D eigenvalue weighted by atomic mass is 32.1. The molecule has 194 valence electrons. The number of para-hydroxylation sites is 1. The number of rotatable bonds is 9. The molecule has 0 saturated carbocycles. The van der Waals surface area contributed by atoms with Crippen LogP contribution in [0.15, 0.2) is 78.9 Å². The van der Waals surface area contributed by atoms with Crippen molar-refractivity contribution < 1.29 is 18.8 Å². The van der Waals surface area contributed by atoms with Crippen LogP contribution in [-0.4, -0.2) is 22.1 Å². The van der Waals surface area contributed by atoms with E-state index in [0.717, 1.165) is 22.7 Å². The quantitative estimate of drug-likeness (QED) is 0.297.